The van der Waals surface area contributed by atoms with E-state index in [1.807, 2.05) is 18.2 Å². The maximum atomic E-state index is 13.2. The lowest BCUT2D eigenvalue weighted by Gasteiger charge is -2.16. The molecular weight excluding hydrogens is 365 g/mol. The molecule has 5 rings (SSSR count). The van der Waals surface area contributed by atoms with Crippen molar-refractivity contribution in [2.24, 2.45) is 0 Å². The molecule has 2 unspecified atom stereocenters. The second-order valence-corrected chi connectivity index (χ2v) is 9.41. The van der Waals surface area contributed by atoms with E-state index in [1.165, 1.54) is 12.1 Å². The topological polar surface area (TPSA) is 50.5 Å². The minimum Gasteiger partial charge on any atom is -0.472 e. The predicted octanol–water partition coefficient (Wildman–Crippen LogP) is 3.84. The Morgan fingerprint density at radius 2 is 1.81 bits per heavy atom. The summed E-state index contributed by atoms with van der Waals surface area (Å²) < 4.78 is 44.3. The lowest BCUT2D eigenvalue weighted by Crippen LogP contribution is -2.25. The number of halogens is 1. The zero-order chi connectivity index (χ0) is 18.6. The minimum atomic E-state index is -3.33. The Kier molecular flexibility index (Phi) is 3.74. The van der Waals surface area contributed by atoms with Crippen LogP contribution in [-0.4, -0.2) is 31.7 Å². The van der Waals surface area contributed by atoms with Gasteiger partial charge in [-0.2, -0.15) is 0 Å². The summed E-state index contributed by atoms with van der Waals surface area (Å²) in [5.41, 5.74) is 3.73. The van der Waals surface area contributed by atoms with Crippen molar-refractivity contribution in [2.75, 3.05) is 13.1 Å². The van der Waals surface area contributed by atoms with Crippen LogP contribution >= 0.6 is 0 Å². The van der Waals surface area contributed by atoms with Crippen LogP contribution in [-0.2, 0) is 16.4 Å². The second-order valence-electron chi connectivity index (χ2n) is 7.28. The van der Waals surface area contributed by atoms with E-state index in [1.54, 1.807) is 30.7 Å². The molecule has 0 bridgehead atoms. The van der Waals surface area contributed by atoms with E-state index < -0.39 is 15.1 Å². The van der Waals surface area contributed by atoms with E-state index in [2.05, 4.69) is 4.90 Å². The van der Waals surface area contributed by atoms with Gasteiger partial charge in [0.25, 0.3) is 0 Å². The van der Waals surface area contributed by atoms with Crippen molar-refractivity contribution in [2.45, 2.75) is 22.6 Å². The van der Waals surface area contributed by atoms with Crippen LogP contribution in [0.15, 0.2) is 70.4 Å². The Hall–Kier alpha value is -2.44. The summed E-state index contributed by atoms with van der Waals surface area (Å²) in [6, 6.07) is 13.7. The molecule has 2 aliphatic heterocycles. The van der Waals surface area contributed by atoms with E-state index in [-0.39, 0.29) is 11.7 Å². The first-order valence-corrected chi connectivity index (χ1v) is 10.4. The van der Waals surface area contributed by atoms with Gasteiger partial charge in [0, 0.05) is 31.1 Å². The number of likely N-dealkylation sites (tertiary alicyclic amines) is 1. The fourth-order valence-corrected chi connectivity index (χ4v) is 6.51. The molecule has 27 heavy (non-hydrogen) atoms. The molecule has 2 atom stereocenters. The molecule has 6 heteroatoms. The number of sulfone groups is 1. The summed E-state index contributed by atoms with van der Waals surface area (Å²) in [7, 11) is -3.33. The van der Waals surface area contributed by atoms with Crippen LogP contribution in [0.4, 0.5) is 4.39 Å². The number of rotatable bonds is 3. The first-order chi connectivity index (χ1) is 13.0. The van der Waals surface area contributed by atoms with Crippen molar-refractivity contribution in [3.8, 4) is 11.1 Å². The quantitative estimate of drug-likeness (QED) is 0.690. The Bertz CT molecular complexity index is 1090. The third-order valence-corrected chi connectivity index (χ3v) is 7.88. The van der Waals surface area contributed by atoms with Crippen molar-refractivity contribution in [1.82, 2.24) is 4.90 Å². The van der Waals surface area contributed by atoms with Crippen LogP contribution < -0.4 is 0 Å². The number of benzene rings is 2. The van der Waals surface area contributed by atoms with E-state index in [4.69, 9.17) is 4.42 Å². The highest BCUT2D eigenvalue weighted by molar-refractivity contribution is 7.92. The van der Waals surface area contributed by atoms with Crippen LogP contribution in [0.3, 0.4) is 0 Å². The molecule has 1 fully saturated rings. The molecule has 2 aromatic carbocycles. The summed E-state index contributed by atoms with van der Waals surface area (Å²) in [6.07, 6.45) is 3.33. The van der Waals surface area contributed by atoms with Crippen molar-refractivity contribution in [1.29, 1.82) is 0 Å². The third kappa shape index (κ3) is 2.71. The SMILES string of the molecule is O=S1(=O)c2ccc(-c3ccc(F)cc3)cc2C2CN(Cc3ccoc3)CC21. The average Bonchev–Trinajstić information content (AvgIpc) is 3.35. The maximum Gasteiger partial charge on any atom is 0.183 e. The van der Waals surface area contributed by atoms with E-state index in [0.29, 0.717) is 24.5 Å². The molecule has 1 aromatic heterocycles. The average molecular weight is 383 g/mol. The molecular formula is C21H18FNO3S. The van der Waals surface area contributed by atoms with E-state index >= 15 is 0 Å². The standard InChI is InChI=1S/C21H18FNO3S/c22-17-4-1-15(2-5-17)16-3-6-20-18(9-16)19-11-23(10-14-7-8-26-13-14)12-21(19)27(20,24)25/h1-9,13,19,21H,10-12H2. The number of furan rings is 1. The molecule has 1 saturated heterocycles. The van der Waals surface area contributed by atoms with Crippen molar-refractivity contribution >= 4 is 9.84 Å². The minimum absolute atomic E-state index is 0.0303. The number of hydrogen-bond acceptors (Lipinski definition) is 4. The van der Waals surface area contributed by atoms with Gasteiger partial charge in [-0.3, -0.25) is 4.90 Å². The first-order valence-electron chi connectivity index (χ1n) is 8.89. The van der Waals surface area contributed by atoms with Gasteiger partial charge in [-0.15, -0.1) is 0 Å². The third-order valence-electron chi connectivity index (χ3n) is 5.62. The predicted molar refractivity (Wildman–Crippen MR) is 99.5 cm³/mol. The number of hydrogen-bond donors (Lipinski definition) is 0. The van der Waals surface area contributed by atoms with Crippen LogP contribution in [0.5, 0.6) is 0 Å². The molecule has 0 amide bonds. The molecule has 3 heterocycles. The second kappa shape index (κ2) is 6.04. The fraction of sp³-hybridized carbons (Fsp3) is 0.238. The molecule has 138 valence electrons. The monoisotopic (exact) mass is 383 g/mol. The number of fused-ring (bicyclic) bond motifs is 3. The van der Waals surface area contributed by atoms with Gasteiger partial charge in [0.2, 0.25) is 0 Å². The molecule has 0 aliphatic carbocycles. The van der Waals surface area contributed by atoms with Gasteiger partial charge in [-0.05, 0) is 47.0 Å². The Balaban J connectivity index is 1.50. The molecule has 0 saturated carbocycles. The van der Waals surface area contributed by atoms with Gasteiger partial charge in [0.15, 0.2) is 9.84 Å². The Morgan fingerprint density at radius 1 is 1.04 bits per heavy atom. The Morgan fingerprint density at radius 3 is 2.56 bits per heavy atom. The summed E-state index contributed by atoms with van der Waals surface area (Å²) in [6.45, 7) is 1.92. The lowest BCUT2D eigenvalue weighted by molar-refractivity contribution is 0.324. The van der Waals surface area contributed by atoms with Crippen LogP contribution in [0, 0.1) is 5.82 Å². The molecule has 3 aromatic rings. The molecule has 0 N–H and O–H groups in total. The highest BCUT2D eigenvalue weighted by Gasteiger charge is 2.50. The molecule has 4 nitrogen and oxygen atoms in total. The fourth-order valence-electron chi connectivity index (χ4n) is 4.32. The summed E-state index contributed by atoms with van der Waals surface area (Å²) in [5.74, 6) is -0.314. The van der Waals surface area contributed by atoms with Crippen LogP contribution in [0.1, 0.15) is 17.0 Å². The zero-order valence-electron chi connectivity index (χ0n) is 14.5. The first kappa shape index (κ1) is 16.7. The summed E-state index contributed by atoms with van der Waals surface area (Å²) in [4.78, 5) is 2.62. The normalized spacial score (nSPS) is 23.3. The smallest absolute Gasteiger partial charge is 0.183 e. The molecule has 0 radical (unpaired) electrons. The summed E-state index contributed by atoms with van der Waals surface area (Å²) >= 11 is 0. The summed E-state index contributed by atoms with van der Waals surface area (Å²) in [5, 5.41) is -0.400. The van der Waals surface area contributed by atoms with Gasteiger partial charge >= 0.3 is 0 Å². The van der Waals surface area contributed by atoms with Crippen LogP contribution in [0.2, 0.25) is 0 Å². The van der Waals surface area contributed by atoms with Gasteiger partial charge in [-0.25, -0.2) is 12.8 Å². The van der Waals surface area contributed by atoms with Crippen molar-refractivity contribution in [3.63, 3.8) is 0 Å². The van der Waals surface area contributed by atoms with Crippen molar-refractivity contribution < 1.29 is 17.2 Å². The van der Waals surface area contributed by atoms with Gasteiger partial charge in [0.05, 0.1) is 22.7 Å². The van der Waals surface area contributed by atoms with Gasteiger partial charge < -0.3 is 4.42 Å². The Labute approximate surface area is 157 Å². The molecule has 2 aliphatic rings. The largest absolute Gasteiger partial charge is 0.472 e. The number of nitrogens with zero attached hydrogens (tertiary/aromatic N) is 1. The highest BCUT2D eigenvalue weighted by atomic mass is 32.2. The van der Waals surface area contributed by atoms with E-state index in [9.17, 15) is 12.8 Å². The highest BCUT2D eigenvalue weighted by Crippen LogP contribution is 2.46. The van der Waals surface area contributed by atoms with Gasteiger partial charge in [-0.1, -0.05) is 18.2 Å². The van der Waals surface area contributed by atoms with Crippen LogP contribution in [0.25, 0.3) is 11.1 Å². The van der Waals surface area contributed by atoms with E-state index in [0.717, 1.165) is 22.3 Å². The zero-order valence-corrected chi connectivity index (χ0v) is 15.3. The molecule has 0 spiro atoms. The van der Waals surface area contributed by atoms with Crippen molar-refractivity contribution in [3.05, 3.63) is 78.0 Å². The van der Waals surface area contributed by atoms with Gasteiger partial charge in [0.1, 0.15) is 5.82 Å². The lowest BCUT2D eigenvalue weighted by atomic mass is 9.94. The maximum absolute atomic E-state index is 13.2.